The largest absolute Gasteiger partial charge is 0.659 e. The first-order valence-electron chi connectivity index (χ1n) is 16.9. The zero-order valence-corrected chi connectivity index (χ0v) is 26.5. The van der Waals surface area contributed by atoms with Crippen LogP contribution in [0.2, 0.25) is 0 Å². The van der Waals surface area contributed by atoms with Crippen molar-refractivity contribution in [3.8, 4) is 27.9 Å². The van der Waals surface area contributed by atoms with Gasteiger partial charge in [-0.3, -0.25) is 4.99 Å². The third-order valence-corrected chi connectivity index (χ3v) is 10.4. The summed E-state index contributed by atoms with van der Waals surface area (Å²) in [6.07, 6.45) is -0.306. The summed E-state index contributed by atoms with van der Waals surface area (Å²) >= 11 is 0. The standard InChI is InChI=1S/C46H28N3/c1-2-11-30(12-3-1)46-47-39-24-23-33(27-38(39)45(48-46)32-21-20-28-10-4-5-13-31(28)26-32)49-40-19-9-18-37-35-16-7-6-15-34(35)36-17-8-14-29-22-25-41(49)44(42(29)36)43(37)40/h1-27,46H/q-1. The summed E-state index contributed by atoms with van der Waals surface area (Å²) < 4.78 is 2.44. The Hall–Kier alpha value is -6.45. The van der Waals surface area contributed by atoms with Crippen LogP contribution in [0.25, 0.3) is 76.6 Å². The topological polar surface area (TPSA) is 31.4 Å². The average Bonchev–Trinajstić information content (AvgIpc) is 3.45. The van der Waals surface area contributed by atoms with Gasteiger partial charge in [-0.25, -0.2) is 0 Å². The lowest BCUT2D eigenvalue weighted by molar-refractivity contribution is 0.872. The first-order valence-corrected chi connectivity index (χ1v) is 16.9. The number of fused-ring (bicyclic) bond motifs is 5. The van der Waals surface area contributed by atoms with E-state index >= 15 is 0 Å². The molecule has 0 radical (unpaired) electrons. The van der Waals surface area contributed by atoms with Gasteiger partial charge in [0.05, 0.1) is 16.7 Å². The molecule has 0 spiro atoms. The summed E-state index contributed by atoms with van der Waals surface area (Å²) in [5.74, 6) is 0. The molecule has 1 unspecified atom stereocenters. The van der Waals surface area contributed by atoms with Gasteiger partial charge in [-0.15, -0.1) is 5.69 Å². The molecule has 0 amide bonds. The Labute approximate surface area is 283 Å². The summed E-state index contributed by atoms with van der Waals surface area (Å²) in [7, 11) is 0. The molecule has 1 aliphatic heterocycles. The molecule has 11 rings (SSSR count). The van der Waals surface area contributed by atoms with Crippen LogP contribution < -0.4 is 0 Å². The molecule has 8 aromatic carbocycles. The third-order valence-electron chi connectivity index (χ3n) is 10.4. The van der Waals surface area contributed by atoms with E-state index in [9.17, 15) is 0 Å². The molecule has 9 aromatic rings. The second kappa shape index (κ2) is 10.0. The van der Waals surface area contributed by atoms with Crippen molar-refractivity contribution in [2.45, 2.75) is 6.17 Å². The molecule has 1 aromatic heterocycles. The molecular formula is C46H28N3-. The fourth-order valence-corrected chi connectivity index (χ4v) is 8.27. The lowest BCUT2D eigenvalue weighted by Crippen LogP contribution is -2.13. The summed E-state index contributed by atoms with van der Waals surface area (Å²) in [6.45, 7) is 0. The third kappa shape index (κ3) is 3.81. The van der Waals surface area contributed by atoms with Crippen molar-refractivity contribution in [3.63, 3.8) is 0 Å². The summed E-state index contributed by atoms with van der Waals surface area (Å²) in [6, 6.07) is 59.2. The molecule has 49 heavy (non-hydrogen) atoms. The smallest absolute Gasteiger partial charge is 0.0696 e. The molecule has 3 nitrogen and oxygen atoms in total. The molecule has 2 heterocycles. The maximum atomic E-state index is 5.36. The summed E-state index contributed by atoms with van der Waals surface area (Å²) in [5, 5.41) is 12.8. The minimum absolute atomic E-state index is 0.306. The van der Waals surface area contributed by atoms with Crippen LogP contribution in [-0.2, 0) is 0 Å². The van der Waals surface area contributed by atoms with E-state index in [4.69, 9.17) is 10.3 Å². The minimum Gasteiger partial charge on any atom is -0.659 e. The van der Waals surface area contributed by atoms with Gasteiger partial charge in [0.25, 0.3) is 0 Å². The number of benzene rings is 8. The fourth-order valence-electron chi connectivity index (χ4n) is 8.27. The van der Waals surface area contributed by atoms with Crippen LogP contribution in [0.4, 0.5) is 5.69 Å². The molecule has 0 fully saturated rings. The number of rotatable bonds is 3. The van der Waals surface area contributed by atoms with Gasteiger partial charge in [0.15, 0.2) is 0 Å². The highest BCUT2D eigenvalue weighted by Gasteiger charge is 2.25. The van der Waals surface area contributed by atoms with Crippen molar-refractivity contribution in [3.05, 3.63) is 186 Å². The molecule has 2 aliphatic rings. The van der Waals surface area contributed by atoms with Crippen LogP contribution >= 0.6 is 0 Å². The number of hydrogen-bond acceptors (Lipinski definition) is 1. The van der Waals surface area contributed by atoms with Crippen LogP contribution in [0.3, 0.4) is 0 Å². The van der Waals surface area contributed by atoms with E-state index in [1.165, 1.54) is 65.6 Å². The van der Waals surface area contributed by atoms with Crippen molar-refractivity contribution in [2.24, 2.45) is 4.99 Å². The summed E-state index contributed by atoms with van der Waals surface area (Å²) in [5.41, 5.74) is 13.8. The highest BCUT2D eigenvalue weighted by atomic mass is 15.1. The minimum atomic E-state index is -0.306. The van der Waals surface area contributed by atoms with Crippen molar-refractivity contribution < 1.29 is 0 Å². The number of aliphatic imine (C=N–C) groups is 1. The maximum absolute atomic E-state index is 5.36. The fraction of sp³-hybridized carbons (Fsp3) is 0.0217. The van der Waals surface area contributed by atoms with E-state index in [-0.39, 0.29) is 6.17 Å². The first-order chi connectivity index (χ1) is 24.3. The van der Waals surface area contributed by atoms with Crippen LogP contribution in [-0.4, -0.2) is 10.3 Å². The van der Waals surface area contributed by atoms with Gasteiger partial charge in [0, 0.05) is 28.2 Å². The molecule has 1 aliphatic carbocycles. The highest BCUT2D eigenvalue weighted by molar-refractivity contribution is 6.30. The SMILES string of the molecule is c1ccc(C2N=C(c3ccc4ccccc4c3)c3cc(-n4c5cccc6c5c5c7c(cccc7ccc54)-c4ccccc4-6)ccc3[N-]2)cc1. The van der Waals surface area contributed by atoms with Crippen molar-refractivity contribution in [1.29, 1.82) is 0 Å². The molecule has 0 N–H and O–H groups in total. The van der Waals surface area contributed by atoms with E-state index < -0.39 is 0 Å². The Morgan fingerprint density at radius 3 is 1.98 bits per heavy atom. The van der Waals surface area contributed by atoms with Crippen LogP contribution in [0.15, 0.2) is 169 Å². The van der Waals surface area contributed by atoms with E-state index in [1.54, 1.807) is 0 Å². The molecule has 0 saturated heterocycles. The van der Waals surface area contributed by atoms with Gasteiger partial charge in [-0.2, -0.15) is 0 Å². The second-order valence-corrected chi connectivity index (χ2v) is 13.1. The monoisotopic (exact) mass is 622 g/mol. The number of aromatic nitrogens is 1. The Balaban J connectivity index is 1.19. The quantitative estimate of drug-likeness (QED) is 0.188. The molecule has 0 bridgehead atoms. The highest BCUT2D eigenvalue weighted by Crippen LogP contribution is 2.50. The van der Waals surface area contributed by atoms with Crippen LogP contribution in [0, 0.1) is 0 Å². The van der Waals surface area contributed by atoms with E-state index in [1.807, 2.05) is 6.07 Å². The first kappa shape index (κ1) is 26.6. The Kier molecular flexibility index (Phi) is 5.44. The molecule has 1 atom stereocenters. The lowest BCUT2D eigenvalue weighted by atomic mass is 9.93. The molecular weight excluding hydrogens is 595 g/mol. The Bertz CT molecular complexity index is 2860. The van der Waals surface area contributed by atoms with E-state index in [2.05, 4.69) is 162 Å². The predicted octanol–water partition coefficient (Wildman–Crippen LogP) is 12.3. The van der Waals surface area contributed by atoms with Crippen molar-refractivity contribution in [1.82, 2.24) is 4.57 Å². The summed E-state index contributed by atoms with van der Waals surface area (Å²) in [4.78, 5) is 5.36. The maximum Gasteiger partial charge on any atom is 0.0696 e. The van der Waals surface area contributed by atoms with Crippen LogP contribution in [0.5, 0.6) is 0 Å². The Morgan fingerprint density at radius 1 is 0.449 bits per heavy atom. The molecule has 228 valence electrons. The van der Waals surface area contributed by atoms with Gasteiger partial charge < -0.3 is 9.88 Å². The Morgan fingerprint density at radius 2 is 1.12 bits per heavy atom. The zero-order valence-electron chi connectivity index (χ0n) is 26.5. The normalized spacial score (nSPS) is 14.6. The van der Waals surface area contributed by atoms with Gasteiger partial charge in [0.2, 0.25) is 0 Å². The lowest BCUT2D eigenvalue weighted by Gasteiger charge is -2.38. The van der Waals surface area contributed by atoms with Gasteiger partial charge in [-0.05, 0) is 85.3 Å². The van der Waals surface area contributed by atoms with Gasteiger partial charge >= 0.3 is 0 Å². The number of hydrogen-bond donors (Lipinski definition) is 0. The van der Waals surface area contributed by atoms with Gasteiger partial charge in [-0.1, -0.05) is 133 Å². The molecule has 0 saturated carbocycles. The predicted molar refractivity (Wildman–Crippen MR) is 205 cm³/mol. The zero-order chi connectivity index (χ0) is 32.1. The van der Waals surface area contributed by atoms with Crippen LogP contribution in [0.1, 0.15) is 22.9 Å². The van der Waals surface area contributed by atoms with Crippen molar-refractivity contribution in [2.75, 3.05) is 0 Å². The van der Waals surface area contributed by atoms with E-state index in [0.29, 0.717) is 0 Å². The number of nitrogens with zero attached hydrogens (tertiary/aromatic N) is 3. The van der Waals surface area contributed by atoms with E-state index in [0.717, 1.165) is 33.8 Å². The van der Waals surface area contributed by atoms with Crippen molar-refractivity contribution >= 4 is 54.7 Å². The second-order valence-electron chi connectivity index (χ2n) is 13.1. The van der Waals surface area contributed by atoms with Gasteiger partial charge in [0.1, 0.15) is 0 Å². The average molecular weight is 623 g/mol. The molecule has 3 heteroatoms.